The van der Waals surface area contributed by atoms with Gasteiger partial charge in [-0.3, -0.25) is 9.59 Å². The maximum atomic E-state index is 12.6. The molecule has 9 atom stereocenters. The minimum absolute atomic E-state index is 0.0882. The Balaban J connectivity index is 2.04. The fourth-order valence-corrected chi connectivity index (χ4v) is 5.35. The third kappa shape index (κ3) is 7.31. The highest BCUT2D eigenvalue weighted by Gasteiger charge is 2.45. The summed E-state index contributed by atoms with van der Waals surface area (Å²) in [4.78, 5) is 23.9. The highest BCUT2D eigenvalue weighted by molar-refractivity contribution is 5.72. The summed E-state index contributed by atoms with van der Waals surface area (Å²) in [7, 11) is 1.29. The molecule has 0 heterocycles. The van der Waals surface area contributed by atoms with Crippen molar-refractivity contribution in [2.75, 3.05) is 7.11 Å². The van der Waals surface area contributed by atoms with Crippen molar-refractivity contribution in [1.82, 2.24) is 0 Å². The molecule has 0 aliphatic heterocycles. The summed E-state index contributed by atoms with van der Waals surface area (Å²) < 4.78 is 10.6. The molecule has 2 rings (SSSR count). The van der Waals surface area contributed by atoms with Crippen molar-refractivity contribution in [3.8, 4) is 0 Å². The van der Waals surface area contributed by atoms with Gasteiger partial charge in [-0.15, -0.1) is 0 Å². The highest BCUT2D eigenvalue weighted by atomic mass is 16.5. The lowest BCUT2D eigenvalue weighted by molar-refractivity contribution is -0.164. The summed E-state index contributed by atoms with van der Waals surface area (Å²) in [5.41, 5.74) is 0. The third-order valence-electron chi connectivity index (χ3n) is 7.35. The highest BCUT2D eigenvalue weighted by Crippen LogP contribution is 2.47. The van der Waals surface area contributed by atoms with Crippen LogP contribution in [0.15, 0.2) is 12.2 Å². The van der Waals surface area contributed by atoms with Crippen LogP contribution in [0.25, 0.3) is 0 Å². The van der Waals surface area contributed by atoms with Gasteiger partial charge in [-0.1, -0.05) is 39.8 Å². The van der Waals surface area contributed by atoms with E-state index in [1.54, 1.807) is 0 Å². The van der Waals surface area contributed by atoms with Gasteiger partial charge in [0.05, 0.1) is 31.7 Å². The normalized spacial score (nSPS) is 33.1. The second-order valence-corrected chi connectivity index (χ2v) is 9.91. The van der Waals surface area contributed by atoms with Gasteiger partial charge in [0.2, 0.25) is 0 Å². The van der Waals surface area contributed by atoms with Crippen molar-refractivity contribution in [2.24, 2.45) is 35.5 Å². The SMILES string of the molecule is CCC(C)C(=O)OC1CC(C)CC2C=CC(C)C(CCC(O)CC(O)CC(=O)OC)C21. The average molecular weight is 439 g/mol. The molecule has 0 amide bonds. The van der Waals surface area contributed by atoms with E-state index in [1.807, 2.05) is 13.8 Å². The minimum Gasteiger partial charge on any atom is -0.469 e. The van der Waals surface area contributed by atoms with E-state index in [0.717, 1.165) is 25.7 Å². The van der Waals surface area contributed by atoms with Gasteiger partial charge in [0.25, 0.3) is 0 Å². The van der Waals surface area contributed by atoms with Crippen LogP contribution in [-0.4, -0.2) is 47.6 Å². The summed E-state index contributed by atoms with van der Waals surface area (Å²) >= 11 is 0. The maximum absolute atomic E-state index is 12.6. The largest absolute Gasteiger partial charge is 0.469 e. The topological polar surface area (TPSA) is 93.1 Å². The molecule has 31 heavy (non-hydrogen) atoms. The van der Waals surface area contributed by atoms with Gasteiger partial charge >= 0.3 is 11.9 Å². The van der Waals surface area contributed by atoms with E-state index in [2.05, 4.69) is 30.7 Å². The van der Waals surface area contributed by atoms with Gasteiger partial charge in [-0.05, 0) is 62.2 Å². The molecule has 2 N–H and O–H groups in total. The zero-order valence-corrected chi connectivity index (χ0v) is 19.8. The van der Waals surface area contributed by atoms with Gasteiger partial charge in [-0.25, -0.2) is 0 Å². The van der Waals surface area contributed by atoms with Gasteiger partial charge in [-0.2, -0.15) is 0 Å². The third-order valence-corrected chi connectivity index (χ3v) is 7.35. The predicted molar refractivity (Wildman–Crippen MR) is 119 cm³/mol. The van der Waals surface area contributed by atoms with Crippen LogP contribution in [-0.2, 0) is 19.1 Å². The first-order valence-electron chi connectivity index (χ1n) is 12.0. The molecule has 1 saturated carbocycles. The van der Waals surface area contributed by atoms with Crippen LogP contribution in [0.3, 0.4) is 0 Å². The van der Waals surface area contributed by atoms with Crippen LogP contribution in [0, 0.1) is 35.5 Å². The summed E-state index contributed by atoms with van der Waals surface area (Å²) in [6.07, 6.45) is 7.07. The molecule has 2 aliphatic carbocycles. The molecule has 0 radical (unpaired) electrons. The molecule has 1 fully saturated rings. The number of methoxy groups -OCH3 is 1. The molecule has 0 spiro atoms. The fraction of sp³-hybridized carbons (Fsp3) is 0.840. The summed E-state index contributed by atoms with van der Waals surface area (Å²) in [6.45, 7) is 8.35. The maximum Gasteiger partial charge on any atom is 0.308 e. The fourth-order valence-electron chi connectivity index (χ4n) is 5.35. The number of esters is 2. The Morgan fingerprint density at radius 1 is 1.13 bits per heavy atom. The zero-order chi connectivity index (χ0) is 23.1. The van der Waals surface area contributed by atoms with Gasteiger partial charge < -0.3 is 19.7 Å². The monoisotopic (exact) mass is 438 g/mol. The first-order valence-corrected chi connectivity index (χ1v) is 12.0. The molecule has 2 aliphatic rings. The predicted octanol–water partition coefficient (Wildman–Crippen LogP) is 3.88. The van der Waals surface area contributed by atoms with Crippen molar-refractivity contribution < 1.29 is 29.3 Å². The summed E-state index contributed by atoms with van der Waals surface area (Å²) in [6, 6.07) is 0. The lowest BCUT2D eigenvalue weighted by Gasteiger charge is -2.47. The second-order valence-electron chi connectivity index (χ2n) is 9.91. The van der Waals surface area contributed by atoms with E-state index >= 15 is 0 Å². The summed E-state index contributed by atoms with van der Waals surface area (Å²) in [5.74, 6) is 1.13. The first-order chi connectivity index (χ1) is 14.7. The van der Waals surface area contributed by atoms with Crippen molar-refractivity contribution in [2.45, 2.75) is 91.0 Å². The van der Waals surface area contributed by atoms with Crippen LogP contribution in [0.1, 0.15) is 72.6 Å². The average Bonchev–Trinajstić information content (AvgIpc) is 2.72. The van der Waals surface area contributed by atoms with Crippen LogP contribution in [0.2, 0.25) is 0 Å². The van der Waals surface area contributed by atoms with Gasteiger partial charge in [0.1, 0.15) is 6.10 Å². The van der Waals surface area contributed by atoms with E-state index in [0.29, 0.717) is 30.1 Å². The number of aliphatic hydroxyl groups excluding tert-OH is 2. The minimum atomic E-state index is -0.904. The number of aliphatic hydroxyl groups is 2. The number of carbonyl (C=O) groups excluding carboxylic acids is 2. The summed E-state index contributed by atoms with van der Waals surface area (Å²) in [5, 5.41) is 20.5. The van der Waals surface area contributed by atoms with Crippen LogP contribution < -0.4 is 0 Å². The standard InChI is InChI=1S/C25H42O6/c1-6-16(3)25(29)31-22-12-15(2)11-18-8-7-17(4)21(24(18)22)10-9-19(26)13-20(27)14-23(28)30-5/h7-8,15-22,24,26-27H,6,9-14H2,1-5H3. The first kappa shape index (κ1) is 25.9. The van der Waals surface area contributed by atoms with Crippen LogP contribution >= 0.6 is 0 Å². The number of allylic oxidation sites excluding steroid dienone is 2. The second kappa shape index (κ2) is 12.0. The Bertz CT molecular complexity index is 617. The molecule has 6 nitrogen and oxygen atoms in total. The van der Waals surface area contributed by atoms with E-state index < -0.39 is 18.2 Å². The van der Waals surface area contributed by atoms with Gasteiger partial charge in [0.15, 0.2) is 0 Å². The van der Waals surface area contributed by atoms with Crippen molar-refractivity contribution >= 4 is 11.9 Å². The smallest absolute Gasteiger partial charge is 0.308 e. The van der Waals surface area contributed by atoms with Crippen molar-refractivity contribution in [1.29, 1.82) is 0 Å². The van der Waals surface area contributed by atoms with Gasteiger partial charge in [0, 0.05) is 5.92 Å². The number of hydrogen-bond acceptors (Lipinski definition) is 6. The molecule has 178 valence electrons. The van der Waals surface area contributed by atoms with E-state index in [-0.39, 0.29) is 36.8 Å². The van der Waals surface area contributed by atoms with Crippen LogP contribution in [0.5, 0.6) is 0 Å². The van der Waals surface area contributed by atoms with E-state index in [1.165, 1.54) is 7.11 Å². The number of ether oxygens (including phenoxy) is 2. The lowest BCUT2D eigenvalue weighted by Crippen LogP contribution is -2.46. The molecule has 0 aromatic rings. The number of fused-ring (bicyclic) bond motifs is 1. The lowest BCUT2D eigenvalue weighted by atomic mass is 9.60. The zero-order valence-electron chi connectivity index (χ0n) is 19.8. The Labute approximate surface area is 187 Å². The van der Waals surface area contributed by atoms with E-state index in [4.69, 9.17) is 4.74 Å². The Kier molecular flexibility index (Phi) is 10.0. The molecule has 0 saturated heterocycles. The Hall–Kier alpha value is -1.40. The van der Waals surface area contributed by atoms with Crippen LogP contribution in [0.4, 0.5) is 0 Å². The van der Waals surface area contributed by atoms with Crippen molar-refractivity contribution in [3.63, 3.8) is 0 Å². The number of carbonyl (C=O) groups is 2. The molecule has 0 aromatic heterocycles. The Morgan fingerprint density at radius 3 is 2.48 bits per heavy atom. The molecule has 9 unspecified atom stereocenters. The molecule has 0 aromatic carbocycles. The molecule has 0 bridgehead atoms. The number of hydrogen-bond donors (Lipinski definition) is 2. The van der Waals surface area contributed by atoms with E-state index in [9.17, 15) is 19.8 Å². The number of rotatable bonds is 10. The molecule has 6 heteroatoms. The molecular weight excluding hydrogens is 396 g/mol. The Morgan fingerprint density at radius 2 is 1.84 bits per heavy atom. The van der Waals surface area contributed by atoms with Crippen molar-refractivity contribution in [3.05, 3.63) is 12.2 Å². The quantitative estimate of drug-likeness (QED) is 0.397. The molecular formula is C25H42O6.